The first-order valence-electron chi connectivity index (χ1n) is 13.6. The van der Waals surface area contributed by atoms with Crippen LogP contribution < -0.4 is 14.5 Å². The van der Waals surface area contributed by atoms with E-state index in [4.69, 9.17) is 14.7 Å². The van der Waals surface area contributed by atoms with E-state index < -0.39 is 0 Å². The highest BCUT2D eigenvalue weighted by molar-refractivity contribution is 9.10. The van der Waals surface area contributed by atoms with Crippen LogP contribution >= 0.6 is 15.9 Å². The summed E-state index contributed by atoms with van der Waals surface area (Å²) in [4.78, 5) is 16.6. The second-order valence-electron chi connectivity index (χ2n) is 11.5. The number of ether oxygens (including phenoxy) is 1. The summed E-state index contributed by atoms with van der Waals surface area (Å²) in [5, 5.41) is 23.0. The second kappa shape index (κ2) is 10.2. The molecule has 2 N–H and O–H groups in total. The van der Waals surface area contributed by atoms with Gasteiger partial charge in [-0.1, -0.05) is 28.1 Å². The topological polar surface area (TPSA) is 85.2 Å². The van der Waals surface area contributed by atoms with Crippen LogP contribution in [0.2, 0.25) is 0 Å². The van der Waals surface area contributed by atoms with Crippen LogP contribution in [-0.2, 0) is 13.0 Å². The Labute approximate surface area is 232 Å². The van der Waals surface area contributed by atoms with Gasteiger partial charge in [0.25, 0.3) is 0 Å². The van der Waals surface area contributed by atoms with Gasteiger partial charge in [-0.05, 0) is 63.7 Å². The van der Waals surface area contributed by atoms with E-state index in [2.05, 4.69) is 44.7 Å². The summed E-state index contributed by atoms with van der Waals surface area (Å²) in [6, 6.07) is 10.1. The Kier molecular flexibility index (Phi) is 6.86. The highest BCUT2D eigenvalue weighted by Crippen LogP contribution is 2.46. The molecule has 3 aliphatic rings. The average Bonchev–Trinajstić information content (AvgIpc) is 3.65. The van der Waals surface area contributed by atoms with Gasteiger partial charge in [-0.25, -0.2) is 0 Å². The van der Waals surface area contributed by atoms with E-state index in [0.29, 0.717) is 25.7 Å². The van der Waals surface area contributed by atoms with Crippen molar-refractivity contribution in [3.63, 3.8) is 0 Å². The number of halogens is 1. The fourth-order valence-corrected chi connectivity index (χ4v) is 6.66. The highest BCUT2D eigenvalue weighted by atomic mass is 79.9. The number of aromatic nitrogens is 2. The van der Waals surface area contributed by atoms with Gasteiger partial charge in [0.05, 0.1) is 24.9 Å². The molecule has 1 saturated heterocycles. The molecule has 38 heavy (non-hydrogen) atoms. The number of anilines is 2. The van der Waals surface area contributed by atoms with Gasteiger partial charge >= 0.3 is 6.01 Å². The molecule has 2 aromatic carbocycles. The van der Waals surface area contributed by atoms with Crippen LogP contribution in [0.5, 0.6) is 11.8 Å². The number of aliphatic hydroxyl groups is 1. The summed E-state index contributed by atoms with van der Waals surface area (Å²) in [6.45, 7) is 4.45. The van der Waals surface area contributed by atoms with E-state index in [-0.39, 0.29) is 17.3 Å². The van der Waals surface area contributed by atoms with Crippen molar-refractivity contribution in [2.24, 2.45) is 5.41 Å². The largest absolute Gasteiger partial charge is 0.508 e. The molecule has 202 valence electrons. The van der Waals surface area contributed by atoms with Crippen molar-refractivity contribution in [1.29, 1.82) is 0 Å². The number of fused-ring (bicyclic) bond motifs is 2. The maximum absolute atomic E-state index is 10.5. The highest BCUT2D eigenvalue weighted by Gasteiger charge is 2.44. The van der Waals surface area contributed by atoms with Gasteiger partial charge in [-0.3, -0.25) is 0 Å². The van der Waals surface area contributed by atoms with Gasteiger partial charge in [0.2, 0.25) is 0 Å². The minimum absolute atomic E-state index is 0.184. The van der Waals surface area contributed by atoms with Gasteiger partial charge in [0.15, 0.2) is 0 Å². The van der Waals surface area contributed by atoms with Crippen molar-refractivity contribution in [3.8, 4) is 11.8 Å². The van der Waals surface area contributed by atoms with E-state index in [1.807, 2.05) is 24.3 Å². The summed E-state index contributed by atoms with van der Waals surface area (Å²) >= 11 is 3.73. The normalized spacial score (nSPS) is 20.6. The molecule has 1 atom stereocenters. The zero-order valence-corrected chi connectivity index (χ0v) is 23.7. The first-order chi connectivity index (χ1) is 18.3. The Morgan fingerprint density at radius 1 is 1.16 bits per heavy atom. The standard InChI is InChI=1S/C29H36BrN5O3/c1-33(2)17-29(9-10-29)18-38-28-31-24-16-34(25-14-21(37)13-19-5-3-7-23(30)26(19)25)12-8-22(24)27(32-28)35-11-4-6-20(36)15-35/h3,5,7,13-14,20,36-37H,4,6,8-12,15-18H2,1-2H3. The Balaban J connectivity index is 1.35. The summed E-state index contributed by atoms with van der Waals surface area (Å²) in [5.41, 5.74) is 3.26. The monoisotopic (exact) mass is 581 g/mol. The SMILES string of the molecule is CN(C)CC1(COc2nc3c(c(N4CCCC(O)C4)n2)CCN(c2cc(O)cc4cccc(Br)c24)C3)CC1. The predicted molar refractivity (Wildman–Crippen MR) is 153 cm³/mol. The fourth-order valence-electron chi connectivity index (χ4n) is 6.07. The molecule has 8 nitrogen and oxygen atoms in total. The van der Waals surface area contributed by atoms with Crippen molar-refractivity contribution in [1.82, 2.24) is 14.9 Å². The second-order valence-corrected chi connectivity index (χ2v) is 12.4. The molecule has 1 unspecified atom stereocenters. The molecule has 3 heterocycles. The lowest BCUT2D eigenvalue weighted by Crippen LogP contribution is -2.41. The third-order valence-corrected chi connectivity index (χ3v) is 8.73. The van der Waals surface area contributed by atoms with E-state index in [9.17, 15) is 10.2 Å². The smallest absolute Gasteiger partial charge is 0.318 e. The third kappa shape index (κ3) is 5.16. The van der Waals surface area contributed by atoms with Crippen LogP contribution in [-0.4, -0.2) is 78.1 Å². The molecule has 2 aliphatic heterocycles. The number of nitrogens with zero attached hydrogens (tertiary/aromatic N) is 5. The molecule has 1 saturated carbocycles. The molecule has 2 fully saturated rings. The summed E-state index contributed by atoms with van der Waals surface area (Å²) < 4.78 is 7.30. The lowest BCUT2D eigenvalue weighted by atomic mass is 10.0. The number of hydrogen-bond acceptors (Lipinski definition) is 8. The Bertz CT molecular complexity index is 1350. The van der Waals surface area contributed by atoms with E-state index in [1.54, 1.807) is 6.07 Å². The number of piperidine rings is 1. The lowest BCUT2D eigenvalue weighted by molar-refractivity contribution is 0.153. The first-order valence-corrected chi connectivity index (χ1v) is 14.4. The van der Waals surface area contributed by atoms with Crippen LogP contribution in [0.3, 0.4) is 0 Å². The van der Waals surface area contributed by atoms with Gasteiger partial charge in [-0.2, -0.15) is 9.97 Å². The number of rotatable bonds is 7. The molecular weight excluding hydrogens is 546 g/mol. The van der Waals surface area contributed by atoms with Crippen LogP contribution in [0.4, 0.5) is 11.5 Å². The van der Waals surface area contributed by atoms with Crippen LogP contribution in [0.15, 0.2) is 34.8 Å². The van der Waals surface area contributed by atoms with Crippen LogP contribution in [0.25, 0.3) is 10.8 Å². The molecular formula is C29H36BrN5O3. The number of aliphatic hydroxyl groups excluding tert-OH is 1. The minimum Gasteiger partial charge on any atom is -0.508 e. The maximum Gasteiger partial charge on any atom is 0.318 e. The molecule has 1 aliphatic carbocycles. The number of hydrogen-bond donors (Lipinski definition) is 2. The Hall–Kier alpha value is -2.62. The van der Waals surface area contributed by atoms with Gasteiger partial charge in [0.1, 0.15) is 11.6 Å². The minimum atomic E-state index is -0.343. The summed E-state index contributed by atoms with van der Waals surface area (Å²) in [5.74, 6) is 1.16. The molecule has 0 radical (unpaired) electrons. The van der Waals surface area contributed by atoms with E-state index in [0.717, 1.165) is 89.7 Å². The Morgan fingerprint density at radius 2 is 2.00 bits per heavy atom. The zero-order chi connectivity index (χ0) is 26.4. The van der Waals surface area contributed by atoms with Gasteiger partial charge in [0, 0.05) is 58.8 Å². The number of phenolic OH excluding ortho intramolecular Hbond substituents is 1. The lowest BCUT2D eigenvalue weighted by Gasteiger charge is -2.36. The third-order valence-electron chi connectivity index (χ3n) is 8.07. The van der Waals surface area contributed by atoms with Crippen molar-refractivity contribution in [3.05, 3.63) is 46.1 Å². The molecule has 1 aromatic heterocycles. The Morgan fingerprint density at radius 3 is 2.76 bits per heavy atom. The number of β-amino-alcohol motifs (C(OH)–C–C–N with tert-alkyl or cyclic N) is 1. The maximum atomic E-state index is 10.5. The van der Waals surface area contributed by atoms with Crippen molar-refractivity contribution < 1.29 is 14.9 Å². The molecule has 0 amide bonds. The van der Waals surface area contributed by atoms with Gasteiger partial charge < -0.3 is 29.6 Å². The van der Waals surface area contributed by atoms with Gasteiger partial charge in [-0.15, -0.1) is 0 Å². The van der Waals surface area contributed by atoms with Crippen LogP contribution in [0.1, 0.15) is 36.9 Å². The van der Waals surface area contributed by atoms with Crippen molar-refractivity contribution in [2.75, 3.05) is 56.7 Å². The quantitative estimate of drug-likeness (QED) is 0.426. The molecule has 3 aromatic rings. The fraction of sp³-hybridized carbons (Fsp3) is 0.517. The van der Waals surface area contributed by atoms with Crippen LogP contribution in [0, 0.1) is 5.41 Å². The molecule has 6 rings (SSSR count). The summed E-state index contributed by atoms with van der Waals surface area (Å²) in [7, 11) is 4.21. The predicted octanol–water partition coefficient (Wildman–Crippen LogP) is 4.34. The van der Waals surface area contributed by atoms with Crippen molar-refractivity contribution >= 4 is 38.2 Å². The van der Waals surface area contributed by atoms with E-state index >= 15 is 0 Å². The zero-order valence-electron chi connectivity index (χ0n) is 22.2. The first kappa shape index (κ1) is 25.6. The summed E-state index contributed by atoms with van der Waals surface area (Å²) in [6.07, 6.45) is 4.53. The number of aromatic hydroxyl groups is 1. The number of benzene rings is 2. The average molecular weight is 583 g/mol. The van der Waals surface area contributed by atoms with Crippen molar-refractivity contribution in [2.45, 2.75) is 44.8 Å². The van der Waals surface area contributed by atoms with E-state index in [1.165, 1.54) is 0 Å². The molecule has 0 bridgehead atoms. The molecule has 9 heteroatoms. The number of phenols is 1. The molecule has 0 spiro atoms.